The van der Waals surface area contributed by atoms with Crippen LogP contribution in [0.25, 0.3) is 22.4 Å². The van der Waals surface area contributed by atoms with Crippen LogP contribution in [-0.2, 0) is 0 Å². The number of carbonyl (C=O) groups excluding carboxylic acids is 1. The first-order valence-corrected chi connectivity index (χ1v) is 9.94. The second-order valence-electron chi connectivity index (χ2n) is 7.23. The Morgan fingerprint density at radius 2 is 1.75 bits per heavy atom. The Balaban J connectivity index is 1.97. The lowest BCUT2D eigenvalue weighted by atomic mass is 9.88. The van der Waals surface area contributed by atoms with Crippen LogP contribution in [0.5, 0.6) is 5.88 Å². The highest BCUT2D eigenvalue weighted by Crippen LogP contribution is 2.41. The molecule has 0 fully saturated rings. The average Bonchev–Trinajstić information content (AvgIpc) is 2.68. The molecule has 0 aliphatic carbocycles. The van der Waals surface area contributed by atoms with Gasteiger partial charge in [-0.1, -0.05) is 60.5 Å². The molecule has 0 N–H and O–H groups in total. The molecule has 3 nitrogen and oxygen atoms in total. The minimum atomic E-state index is -0.545. The van der Waals surface area contributed by atoms with E-state index in [4.69, 9.17) is 32.9 Å². The van der Waals surface area contributed by atoms with Crippen LogP contribution in [0.3, 0.4) is 0 Å². The van der Waals surface area contributed by atoms with Crippen molar-refractivity contribution in [1.29, 1.82) is 0 Å². The van der Waals surface area contributed by atoms with Crippen LogP contribution in [0.4, 0.5) is 0 Å². The summed E-state index contributed by atoms with van der Waals surface area (Å²) in [6, 6.07) is 16.9. The van der Waals surface area contributed by atoms with Gasteiger partial charge >= 0.3 is 0 Å². The van der Waals surface area contributed by atoms with E-state index in [9.17, 15) is 4.79 Å². The minimum Gasteiger partial charge on any atom is -0.470 e. The molecule has 1 unspecified atom stereocenters. The second-order valence-corrected chi connectivity index (χ2v) is 8.07. The van der Waals surface area contributed by atoms with Gasteiger partial charge in [0.15, 0.2) is 5.78 Å². The van der Waals surface area contributed by atoms with Crippen LogP contribution in [0.15, 0.2) is 54.6 Å². The Morgan fingerprint density at radius 3 is 2.43 bits per heavy atom. The summed E-state index contributed by atoms with van der Waals surface area (Å²) in [5.74, 6) is 0.409. The number of ether oxygens (including phenoxy) is 1. The zero-order valence-corrected chi connectivity index (χ0v) is 17.1. The summed E-state index contributed by atoms with van der Waals surface area (Å²) in [6.07, 6.45) is 1.06. The summed E-state index contributed by atoms with van der Waals surface area (Å²) in [4.78, 5) is 17.6. The van der Waals surface area contributed by atoms with Crippen molar-refractivity contribution in [3.8, 4) is 28.3 Å². The molecule has 0 radical (unpaired) electrons. The zero-order valence-electron chi connectivity index (χ0n) is 15.6. The van der Waals surface area contributed by atoms with E-state index in [2.05, 4.69) is 0 Å². The fraction of sp³-hybridized carbons (Fsp3) is 0.217. The van der Waals surface area contributed by atoms with E-state index in [1.54, 1.807) is 0 Å². The number of rotatable bonds is 3. The number of halogens is 2. The van der Waals surface area contributed by atoms with Gasteiger partial charge in [0.1, 0.15) is 5.60 Å². The first-order valence-electron chi connectivity index (χ1n) is 9.18. The van der Waals surface area contributed by atoms with Gasteiger partial charge in [0.05, 0.1) is 17.7 Å². The standard InChI is InChI=1S/C23H19Cl2NO2/c1-3-23(2)13-20(27)18-12-17(14-8-10-15(24)11-9-14)21(26-22(18)28-23)16-6-4-5-7-19(16)25/h4-12H,3,13H2,1-2H3. The molecule has 3 aromatic rings. The molecule has 4 rings (SSSR count). The summed E-state index contributed by atoms with van der Waals surface area (Å²) in [5.41, 5.74) is 3.16. The van der Waals surface area contributed by atoms with Gasteiger partial charge < -0.3 is 4.74 Å². The van der Waals surface area contributed by atoms with Crippen molar-refractivity contribution in [3.63, 3.8) is 0 Å². The SMILES string of the molecule is CCC1(C)CC(=O)c2cc(-c3ccc(Cl)cc3)c(-c3ccccc3Cl)nc2O1. The Bertz CT molecular complexity index is 1060. The Hall–Kier alpha value is -2.36. The quantitative estimate of drug-likeness (QED) is 0.472. The van der Waals surface area contributed by atoms with Crippen molar-refractivity contribution in [2.75, 3.05) is 0 Å². The van der Waals surface area contributed by atoms with Gasteiger partial charge in [-0.3, -0.25) is 4.79 Å². The number of Topliss-reactive ketones (excluding diaryl/α,β-unsaturated/α-hetero) is 1. The molecule has 28 heavy (non-hydrogen) atoms. The van der Waals surface area contributed by atoms with Gasteiger partial charge in [-0.15, -0.1) is 0 Å². The zero-order chi connectivity index (χ0) is 19.9. The van der Waals surface area contributed by atoms with Crippen LogP contribution >= 0.6 is 23.2 Å². The normalized spacial score (nSPS) is 18.5. The molecule has 1 aromatic heterocycles. The van der Waals surface area contributed by atoms with Crippen molar-refractivity contribution >= 4 is 29.0 Å². The molecule has 1 aliphatic heterocycles. The summed E-state index contributed by atoms with van der Waals surface area (Å²) in [5, 5.41) is 1.23. The Labute approximate surface area is 174 Å². The van der Waals surface area contributed by atoms with Gasteiger partial charge in [-0.25, -0.2) is 4.98 Å². The van der Waals surface area contributed by atoms with Crippen molar-refractivity contribution in [1.82, 2.24) is 4.98 Å². The van der Waals surface area contributed by atoms with Crippen molar-refractivity contribution < 1.29 is 9.53 Å². The number of hydrogen-bond donors (Lipinski definition) is 0. The van der Waals surface area contributed by atoms with E-state index in [1.165, 1.54) is 0 Å². The Kier molecular flexibility index (Phi) is 4.90. The van der Waals surface area contributed by atoms with Crippen molar-refractivity contribution in [2.45, 2.75) is 32.3 Å². The first-order chi connectivity index (χ1) is 13.4. The lowest BCUT2D eigenvalue weighted by Crippen LogP contribution is -2.39. The number of benzene rings is 2. The van der Waals surface area contributed by atoms with Gasteiger partial charge in [0.2, 0.25) is 5.88 Å². The Morgan fingerprint density at radius 1 is 1.04 bits per heavy atom. The van der Waals surface area contributed by atoms with E-state index in [1.807, 2.05) is 68.4 Å². The topological polar surface area (TPSA) is 39.2 Å². The third-order valence-electron chi connectivity index (χ3n) is 5.20. The van der Waals surface area contributed by atoms with E-state index in [-0.39, 0.29) is 5.78 Å². The molecule has 5 heteroatoms. The fourth-order valence-electron chi connectivity index (χ4n) is 3.38. The van der Waals surface area contributed by atoms with Crippen LogP contribution < -0.4 is 4.74 Å². The number of aromatic nitrogens is 1. The maximum atomic E-state index is 12.8. The van der Waals surface area contributed by atoms with Crippen LogP contribution in [-0.4, -0.2) is 16.4 Å². The molecular formula is C23H19Cl2NO2. The number of nitrogens with zero attached hydrogens (tertiary/aromatic N) is 1. The maximum absolute atomic E-state index is 12.8. The number of fused-ring (bicyclic) bond motifs is 1. The molecule has 2 heterocycles. The van der Waals surface area contributed by atoms with Crippen molar-refractivity contribution in [3.05, 3.63) is 70.2 Å². The predicted molar refractivity (Wildman–Crippen MR) is 113 cm³/mol. The van der Waals surface area contributed by atoms with E-state index in [0.29, 0.717) is 33.6 Å². The lowest BCUT2D eigenvalue weighted by Gasteiger charge is -2.33. The maximum Gasteiger partial charge on any atom is 0.225 e. The summed E-state index contributed by atoms with van der Waals surface area (Å²) in [6.45, 7) is 3.95. The number of hydrogen-bond acceptors (Lipinski definition) is 3. The van der Waals surface area contributed by atoms with Gasteiger partial charge in [-0.05, 0) is 43.2 Å². The average molecular weight is 412 g/mol. The molecule has 2 aromatic carbocycles. The summed E-state index contributed by atoms with van der Waals surface area (Å²) in [7, 11) is 0. The monoisotopic (exact) mass is 411 g/mol. The minimum absolute atomic E-state index is 0.0408. The lowest BCUT2D eigenvalue weighted by molar-refractivity contribution is 0.0465. The largest absolute Gasteiger partial charge is 0.470 e. The molecule has 142 valence electrons. The smallest absolute Gasteiger partial charge is 0.225 e. The van der Waals surface area contributed by atoms with Crippen molar-refractivity contribution in [2.24, 2.45) is 0 Å². The highest BCUT2D eigenvalue weighted by atomic mass is 35.5. The predicted octanol–water partition coefficient (Wildman–Crippen LogP) is 6.86. The molecule has 0 bridgehead atoms. The molecule has 0 saturated carbocycles. The van der Waals surface area contributed by atoms with Crippen LogP contribution in [0.1, 0.15) is 37.0 Å². The second kappa shape index (κ2) is 7.23. The molecule has 0 amide bonds. The number of carbonyl (C=O) groups is 1. The molecule has 1 atom stereocenters. The van der Waals surface area contributed by atoms with Crippen LogP contribution in [0.2, 0.25) is 10.0 Å². The molecule has 1 aliphatic rings. The summed E-state index contributed by atoms with van der Waals surface area (Å²) < 4.78 is 6.15. The number of ketones is 1. The van der Waals surface area contributed by atoms with Gasteiger partial charge in [0.25, 0.3) is 0 Å². The van der Waals surface area contributed by atoms with E-state index in [0.717, 1.165) is 23.1 Å². The molecule has 0 spiro atoms. The fourth-order valence-corrected chi connectivity index (χ4v) is 3.73. The number of pyridine rings is 1. The molecular weight excluding hydrogens is 393 g/mol. The highest BCUT2D eigenvalue weighted by Gasteiger charge is 2.37. The third-order valence-corrected chi connectivity index (χ3v) is 5.78. The van der Waals surface area contributed by atoms with Gasteiger partial charge in [0, 0.05) is 21.2 Å². The summed E-state index contributed by atoms with van der Waals surface area (Å²) >= 11 is 12.5. The van der Waals surface area contributed by atoms with Gasteiger partial charge in [-0.2, -0.15) is 0 Å². The third kappa shape index (κ3) is 3.41. The van der Waals surface area contributed by atoms with Crippen LogP contribution in [0, 0.1) is 0 Å². The first kappa shape index (κ1) is 19.0. The van der Waals surface area contributed by atoms with E-state index >= 15 is 0 Å². The molecule has 0 saturated heterocycles. The highest BCUT2D eigenvalue weighted by molar-refractivity contribution is 6.33. The van der Waals surface area contributed by atoms with E-state index < -0.39 is 5.60 Å².